The van der Waals surface area contributed by atoms with Gasteiger partial charge in [-0.2, -0.15) is 0 Å². The monoisotopic (exact) mass is 531 g/mol. The van der Waals surface area contributed by atoms with Gasteiger partial charge in [-0.05, 0) is 29.9 Å². The number of carbonyl (C=O) groups is 1. The van der Waals surface area contributed by atoms with E-state index in [9.17, 15) is 4.79 Å². The van der Waals surface area contributed by atoms with Crippen LogP contribution in [-0.4, -0.2) is 69.7 Å². The molecule has 1 aromatic carbocycles. The largest absolute Gasteiger partial charge is 0.491 e. The van der Waals surface area contributed by atoms with Gasteiger partial charge in [-0.25, -0.2) is 0 Å². The molecule has 0 bridgehead atoms. The smallest absolute Gasteiger partial charge is 0.233 e. The van der Waals surface area contributed by atoms with Crippen LogP contribution in [0.1, 0.15) is 39.2 Å². The first-order chi connectivity index (χ1) is 13.8. The molecule has 3 N–H and O–H groups in total. The van der Waals surface area contributed by atoms with Crippen LogP contribution < -0.4 is 20.7 Å². The van der Waals surface area contributed by atoms with Crippen LogP contribution in [0, 0.1) is 0 Å². The molecule has 1 saturated heterocycles. The van der Waals surface area contributed by atoms with Crippen molar-refractivity contribution in [3.63, 3.8) is 0 Å². The second-order valence-corrected chi connectivity index (χ2v) is 8.46. The number of carbonyl (C=O) groups excluding carboxylic acids is 1. The summed E-state index contributed by atoms with van der Waals surface area (Å²) in [4.78, 5) is 18.0. The quantitative estimate of drug-likeness (QED) is 0.218. The number of para-hydroxylation sites is 1. The molecule has 1 aromatic rings. The van der Waals surface area contributed by atoms with Gasteiger partial charge in [0.15, 0.2) is 5.96 Å². The number of likely N-dealkylation sites (tertiary alicyclic amines) is 1. The van der Waals surface area contributed by atoms with Crippen molar-refractivity contribution in [1.82, 2.24) is 20.9 Å². The van der Waals surface area contributed by atoms with E-state index in [1.807, 2.05) is 12.1 Å². The summed E-state index contributed by atoms with van der Waals surface area (Å²) in [6.45, 7) is 10.1. The van der Waals surface area contributed by atoms with Crippen LogP contribution in [0.2, 0.25) is 0 Å². The van der Waals surface area contributed by atoms with Gasteiger partial charge in [-0.1, -0.05) is 39.0 Å². The Bertz CT molecular complexity index is 682. The van der Waals surface area contributed by atoms with Crippen molar-refractivity contribution in [3.8, 4) is 5.75 Å². The fraction of sp³-hybridized carbons (Fsp3) is 0.636. The predicted octanol–water partition coefficient (Wildman–Crippen LogP) is 2.36. The first kappa shape index (κ1) is 26.5. The van der Waals surface area contributed by atoms with E-state index in [-0.39, 0.29) is 35.3 Å². The van der Waals surface area contributed by atoms with Crippen LogP contribution in [-0.2, 0) is 10.2 Å². The zero-order valence-electron chi connectivity index (χ0n) is 19.0. The van der Waals surface area contributed by atoms with E-state index in [1.54, 1.807) is 14.1 Å². The lowest BCUT2D eigenvalue weighted by atomic mass is 9.86. The average molecular weight is 531 g/mol. The first-order valence-electron chi connectivity index (χ1n) is 10.5. The number of nitrogens with one attached hydrogen (secondary N) is 3. The number of halogens is 1. The van der Waals surface area contributed by atoms with Crippen molar-refractivity contribution in [2.75, 3.05) is 46.9 Å². The molecule has 0 aromatic heterocycles. The summed E-state index contributed by atoms with van der Waals surface area (Å²) < 4.78 is 6.02. The minimum absolute atomic E-state index is 0. The Morgan fingerprint density at radius 3 is 2.50 bits per heavy atom. The summed E-state index contributed by atoms with van der Waals surface area (Å²) in [5, 5.41) is 9.50. The SMILES string of the molecule is CN=C(NCCOc1ccccc1C(C)(C)C)NC1CCN(CC(=O)NC)CC1.I. The molecule has 0 aliphatic carbocycles. The van der Waals surface area contributed by atoms with Crippen molar-refractivity contribution in [2.45, 2.75) is 45.1 Å². The Balaban J connectivity index is 0.00000450. The van der Waals surface area contributed by atoms with E-state index >= 15 is 0 Å². The molecular formula is C22H38IN5O2. The number of likely N-dealkylation sites (N-methyl/N-ethyl adjacent to an activating group) is 1. The van der Waals surface area contributed by atoms with Crippen LogP contribution in [0.3, 0.4) is 0 Å². The normalized spacial score (nSPS) is 15.8. The topological polar surface area (TPSA) is 78.0 Å². The minimum atomic E-state index is 0. The van der Waals surface area contributed by atoms with Gasteiger partial charge >= 0.3 is 0 Å². The Hall–Kier alpha value is -1.55. The van der Waals surface area contributed by atoms with Crippen molar-refractivity contribution in [3.05, 3.63) is 29.8 Å². The predicted molar refractivity (Wildman–Crippen MR) is 134 cm³/mol. The molecule has 1 aliphatic rings. The van der Waals surface area contributed by atoms with E-state index in [0.717, 1.165) is 37.6 Å². The van der Waals surface area contributed by atoms with E-state index in [1.165, 1.54) is 5.56 Å². The van der Waals surface area contributed by atoms with E-state index in [0.29, 0.717) is 25.7 Å². The summed E-state index contributed by atoms with van der Waals surface area (Å²) in [7, 11) is 3.46. The molecule has 1 aliphatic heterocycles. The maximum Gasteiger partial charge on any atom is 0.233 e. The lowest BCUT2D eigenvalue weighted by Gasteiger charge is -2.32. The molecule has 0 saturated carbocycles. The maximum absolute atomic E-state index is 11.5. The molecule has 170 valence electrons. The lowest BCUT2D eigenvalue weighted by molar-refractivity contribution is -0.122. The summed E-state index contributed by atoms with van der Waals surface area (Å²) in [6, 6.07) is 8.58. The van der Waals surface area contributed by atoms with Crippen molar-refractivity contribution < 1.29 is 9.53 Å². The molecule has 0 spiro atoms. The average Bonchev–Trinajstić information content (AvgIpc) is 2.71. The van der Waals surface area contributed by atoms with Gasteiger partial charge < -0.3 is 20.7 Å². The fourth-order valence-electron chi connectivity index (χ4n) is 3.45. The highest BCUT2D eigenvalue weighted by atomic mass is 127. The zero-order chi connectivity index (χ0) is 21.3. The molecule has 30 heavy (non-hydrogen) atoms. The Labute approximate surface area is 198 Å². The second kappa shape index (κ2) is 13.0. The highest BCUT2D eigenvalue weighted by Crippen LogP contribution is 2.30. The van der Waals surface area contributed by atoms with Crippen LogP contribution in [0.15, 0.2) is 29.3 Å². The summed E-state index contributed by atoms with van der Waals surface area (Å²) >= 11 is 0. The number of aliphatic imine (C=N–C) groups is 1. The van der Waals surface area contributed by atoms with Gasteiger partial charge in [0.25, 0.3) is 0 Å². The molecule has 8 heteroatoms. The fourth-order valence-corrected chi connectivity index (χ4v) is 3.45. The van der Waals surface area contributed by atoms with E-state index < -0.39 is 0 Å². The van der Waals surface area contributed by atoms with Gasteiger partial charge in [0, 0.05) is 33.2 Å². The van der Waals surface area contributed by atoms with Crippen molar-refractivity contribution in [1.29, 1.82) is 0 Å². The van der Waals surface area contributed by atoms with Gasteiger partial charge in [0.05, 0.1) is 13.1 Å². The molecule has 0 atom stereocenters. The number of hydrogen-bond donors (Lipinski definition) is 3. The summed E-state index contributed by atoms with van der Waals surface area (Å²) in [6.07, 6.45) is 1.99. The zero-order valence-corrected chi connectivity index (χ0v) is 21.3. The number of rotatable bonds is 7. The van der Waals surface area contributed by atoms with Crippen molar-refractivity contribution >= 4 is 35.8 Å². The molecule has 0 radical (unpaired) electrons. The number of piperidine rings is 1. The van der Waals surface area contributed by atoms with Gasteiger partial charge in [0.1, 0.15) is 12.4 Å². The Morgan fingerprint density at radius 2 is 1.90 bits per heavy atom. The number of nitrogens with zero attached hydrogens (tertiary/aromatic N) is 2. The molecule has 7 nitrogen and oxygen atoms in total. The lowest BCUT2D eigenvalue weighted by Crippen LogP contribution is -2.50. The van der Waals surface area contributed by atoms with Gasteiger partial charge in [-0.15, -0.1) is 24.0 Å². The van der Waals surface area contributed by atoms with Crippen LogP contribution in [0.4, 0.5) is 0 Å². The number of hydrogen-bond acceptors (Lipinski definition) is 4. The first-order valence-corrected chi connectivity index (χ1v) is 10.5. The third-order valence-electron chi connectivity index (χ3n) is 5.15. The molecule has 2 rings (SSSR count). The summed E-state index contributed by atoms with van der Waals surface area (Å²) in [5.41, 5.74) is 1.26. The minimum Gasteiger partial charge on any atom is -0.491 e. The van der Waals surface area contributed by atoms with Gasteiger partial charge in [-0.3, -0.25) is 14.7 Å². The third kappa shape index (κ3) is 8.67. The molecule has 1 amide bonds. The second-order valence-electron chi connectivity index (χ2n) is 8.46. The highest BCUT2D eigenvalue weighted by molar-refractivity contribution is 14.0. The van der Waals surface area contributed by atoms with E-state index in [4.69, 9.17) is 4.74 Å². The molecular weight excluding hydrogens is 493 g/mol. The van der Waals surface area contributed by atoms with Gasteiger partial charge in [0.2, 0.25) is 5.91 Å². The molecule has 1 fully saturated rings. The van der Waals surface area contributed by atoms with Crippen molar-refractivity contribution in [2.24, 2.45) is 4.99 Å². The standard InChI is InChI=1S/C22H37N5O2.HI/c1-22(2,3)18-8-6-7-9-19(18)29-15-12-25-21(24-5)26-17-10-13-27(14-11-17)16-20(28)23-4;/h6-9,17H,10-16H2,1-5H3,(H,23,28)(H2,24,25,26);1H. The van der Waals surface area contributed by atoms with Crippen LogP contribution in [0.5, 0.6) is 5.75 Å². The van der Waals surface area contributed by atoms with Crippen LogP contribution in [0.25, 0.3) is 0 Å². The Morgan fingerprint density at radius 1 is 1.23 bits per heavy atom. The Kier molecular flexibility index (Phi) is 11.5. The number of amides is 1. The van der Waals surface area contributed by atoms with E-state index in [2.05, 4.69) is 58.7 Å². The number of ether oxygens (including phenoxy) is 1. The maximum atomic E-state index is 11.5. The highest BCUT2D eigenvalue weighted by Gasteiger charge is 2.21. The summed E-state index contributed by atoms with van der Waals surface area (Å²) in [5.74, 6) is 1.80. The molecule has 1 heterocycles. The van der Waals surface area contributed by atoms with Crippen LogP contribution >= 0.6 is 24.0 Å². The number of benzene rings is 1. The third-order valence-corrected chi connectivity index (χ3v) is 5.15. The molecule has 0 unspecified atom stereocenters. The number of guanidine groups is 1.